The standard InChI is InChI=1S/C4H6N2.H4N2/c1-4-5-2-3-6-4;1-2/h2-3H,1H3,(H,5,6);1-2H2. The quantitative estimate of drug-likeness (QED) is 0.315. The molecule has 1 heterocycles. The van der Waals surface area contributed by atoms with Crippen LogP contribution in [0.5, 0.6) is 0 Å². The number of imidazole rings is 1. The van der Waals surface area contributed by atoms with Crippen LogP contribution in [0, 0.1) is 6.92 Å². The van der Waals surface area contributed by atoms with E-state index < -0.39 is 0 Å². The summed E-state index contributed by atoms with van der Waals surface area (Å²) >= 11 is 0. The molecule has 1 rings (SSSR count). The zero-order valence-corrected chi connectivity index (χ0v) is 4.76. The molecule has 5 N–H and O–H groups in total. The van der Waals surface area contributed by atoms with Crippen molar-refractivity contribution < 1.29 is 0 Å². The minimum absolute atomic E-state index is 0.968. The Kier molecular flexibility index (Phi) is 3.83. The van der Waals surface area contributed by atoms with Gasteiger partial charge in [-0.25, -0.2) is 4.98 Å². The maximum atomic E-state index is 4.00. The van der Waals surface area contributed by atoms with Gasteiger partial charge in [-0.15, -0.1) is 0 Å². The molecule has 0 amide bonds. The van der Waals surface area contributed by atoms with Crippen LogP contribution in [0.15, 0.2) is 12.4 Å². The summed E-state index contributed by atoms with van der Waals surface area (Å²) in [5.74, 6) is 8.97. The third kappa shape index (κ3) is 2.33. The Morgan fingerprint density at radius 1 is 1.62 bits per heavy atom. The van der Waals surface area contributed by atoms with Gasteiger partial charge >= 0.3 is 0 Å². The normalized spacial score (nSPS) is 7.38. The van der Waals surface area contributed by atoms with Crippen LogP contribution in [0.4, 0.5) is 0 Å². The van der Waals surface area contributed by atoms with Crippen molar-refractivity contribution in [2.24, 2.45) is 11.7 Å². The number of rotatable bonds is 0. The Hall–Kier alpha value is -0.870. The maximum Gasteiger partial charge on any atom is 0.102 e. The smallest absolute Gasteiger partial charge is 0.102 e. The minimum atomic E-state index is 0.968. The number of aryl methyl sites for hydroxylation is 1. The molecule has 0 spiro atoms. The molecule has 4 heteroatoms. The van der Waals surface area contributed by atoms with Gasteiger partial charge in [-0.2, -0.15) is 0 Å². The highest BCUT2D eigenvalue weighted by Crippen LogP contribution is 1.78. The third-order valence-corrected chi connectivity index (χ3v) is 0.635. The Morgan fingerprint density at radius 3 is 2.38 bits per heavy atom. The number of H-pyrrole nitrogens is 1. The zero-order chi connectivity index (χ0) is 6.41. The molecule has 46 valence electrons. The molecule has 8 heavy (non-hydrogen) atoms. The van der Waals surface area contributed by atoms with Crippen molar-refractivity contribution in [1.82, 2.24) is 9.97 Å². The lowest BCUT2D eigenvalue weighted by atomic mass is 10.8. The zero-order valence-electron chi connectivity index (χ0n) is 4.76. The molecule has 1 aromatic heterocycles. The Bertz CT molecular complexity index is 112. The second-order valence-corrected chi connectivity index (χ2v) is 1.17. The molecule has 0 aliphatic rings. The number of nitrogens with two attached hydrogens (primary N) is 2. The van der Waals surface area contributed by atoms with E-state index in [1.807, 2.05) is 6.92 Å². The first kappa shape index (κ1) is 7.13. The van der Waals surface area contributed by atoms with Gasteiger partial charge in [0.15, 0.2) is 0 Å². The van der Waals surface area contributed by atoms with Crippen molar-refractivity contribution in [2.45, 2.75) is 6.92 Å². The summed E-state index contributed by atoms with van der Waals surface area (Å²) in [4.78, 5) is 6.75. The average Bonchev–Trinajstić information content (AvgIpc) is 2.24. The summed E-state index contributed by atoms with van der Waals surface area (Å²) in [6, 6.07) is 0. The van der Waals surface area contributed by atoms with Gasteiger partial charge in [0.05, 0.1) is 0 Å². The van der Waals surface area contributed by atoms with Crippen molar-refractivity contribution in [1.29, 1.82) is 0 Å². The van der Waals surface area contributed by atoms with Crippen LogP contribution in [-0.4, -0.2) is 9.97 Å². The lowest BCUT2D eigenvalue weighted by Crippen LogP contribution is -2.02. The van der Waals surface area contributed by atoms with E-state index in [0.717, 1.165) is 5.82 Å². The maximum absolute atomic E-state index is 4.00. The fourth-order valence-electron chi connectivity index (χ4n) is 0.344. The van der Waals surface area contributed by atoms with Crippen LogP contribution in [0.3, 0.4) is 0 Å². The number of hydrogen-bond donors (Lipinski definition) is 3. The largest absolute Gasteiger partial charge is 0.349 e. The van der Waals surface area contributed by atoms with Crippen molar-refractivity contribution in [3.63, 3.8) is 0 Å². The van der Waals surface area contributed by atoms with Crippen LogP contribution in [0.2, 0.25) is 0 Å². The second-order valence-electron chi connectivity index (χ2n) is 1.17. The molecule has 0 saturated carbocycles. The van der Waals surface area contributed by atoms with Crippen molar-refractivity contribution in [3.8, 4) is 0 Å². The van der Waals surface area contributed by atoms with E-state index in [0.29, 0.717) is 0 Å². The fourth-order valence-corrected chi connectivity index (χ4v) is 0.344. The number of hydrogen-bond acceptors (Lipinski definition) is 3. The molecule has 0 aromatic carbocycles. The minimum Gasteiger partial charge on any atom is -0.349 e. The molecule has 0 aliphatic heterocycles. The Labute approximate surface area is 47.9 Å². The number of hydrazine groups is 1. The van der Waals surface area contributed by atoms with Gasteiger partial charge in [0.1, 0.15) is 5.82 Å². The summed E-state index contributed by atoms with van der Waals surface area (Å²) in [6.45, 7) is 1.92. The average molecular weight is 114 g/mol. The van der Waals surface area contributed by atoms with E-state index in [9.17, 15) is 0 Å². The molecule has 0 fully saturated rings. The molecule has 0 unspecified atom stereocenters. The Morgan fingerprint density at radius 2 is 2.25 bits per heavy atom. The van der Waals surface area contributed by atoms with Gasteiger partial charge in [0.2, 0.25) is 0 Å². The molecule has 0 aliphatic carbocycles. The summed E-state index contributed by atoms with van der Waals surface area (Å²) in [7, 11) is 0. The highest BCUT2D eigenvalue weighted by atomic mass is 15.0. The second kappa shape index (κ2) is 4.29. The summed E-state index contributed by atoms with van der Waals surface area (Å²) in [5, 5.41) is 0. The third-order valence-electron chi connectivity index (χ3n) is 0.635. The first-order chi connectivity index (χ1) is 3.89. The monoisotopic (exact) mass is 114 g/mol. The highest BCUT2D eigenvalue weighted by molar-refractivity contribution is 4.80. The molecule has 1 aromatic rings. The van der Waals surface area contributed by atoms with Crippen LogP contribution in [-0.2, 0) is 0 Å². The molecule has 0 atom stereocenters. The van der Waals surface area contributed by atoms with Gasteiger partial charge in [-0.1, -0.05) is 0 Å². The first-order valence-corrected chi connectivity index (χ1v) is 2.19. The lowest BCUT2D eigenvalue weighted by molar-refractivity contribution is 1.15. The predicted octanol–water partition coefficient (Wildman–Crippen LogP) is -0.463. The molecular formula is C4H10N4. The highest BCUT2D eigenvalue weighted by Gasteiger charge is 1.73. The molecule has 0 radical (unpaired) electrons. The fraction of sp³-hybridized carbons (Fsp3) is 0.250. The SMILES string of the molecule is Cc1ncc[nH]1.NN. The van der Waals surface area contributed by atoms with Gasteiger partial charge in [-0.3, -0.25) is 11.7 Å². The number of nitrogens with zero attached hydrogens (tertiary/aromatic N) is 1. The molecule has 0 saturated heterocycles. The van der Waals surface area contributed by atoms with E-state index in [1.165, 1.54) is 0 Å². The van der Waals surface area contributed by atoms with Crippen LogP contribution >= 0.6 is 0 Å². The lowest BCUT2D eigenvalue weighted by Gasteiger charge is -1.68. The van der Waals surface area contributed by atoms with Crippen molar-refractivity contribution in [3.05, 3.63) is 18.2 Å². The van der Waals surface area contributed by atoms with Crippen LogP contribution in [0.25, 0.3) is 0 Å². The van der Waals surface area contributed by atoms with E-state index in [2.05, 4.69) is 21.7 Å². The number of nitrogens with one attached hydrogen (secondary N) is 1. The molecule has 4 nitrogen and oxygen atoms in total. The van der Waals surface area contributed by atoms with Gasteiger partial charge < -0.3 is 4.98 Å². The van der Waals surface area contributed by atoms with E-state index in [1.54, 1.807) is 12.4 Å². The molecular weight excluding hydrogens is 104 g/mol. The summed E-state index contributed by atoms with van der Waals surface area (Å²) in [5.41, 5.74) is 0. The van der Waals surface area contributed by atoms with Crippen molar-refractivity contribution >= 4 is 0 Å². The Balaban J connectivity index is 0.000000222. The van der Waals surface area contributed by atoms with E-state index >= 15 is 0 Å². The van der Waals surface area contributed by atoms with Crippen molar-refractivity contribution in [2.75, 3.05) is 0 Å². The number of aromatic amines is 1. The summed E-state index contributed by atoms with van der Waals surface area (Å²) in [6.07, 6.45) is 3.53. The van der Waals surface area contributed by atoms with Gasteiger partial charge in [0.25, 0.3) is 0 Å². The van der Waals surface area contributed by atoms with E-state index in [4.69, 9.17) is 0 Å². The van der Waals surface area contributed by atoms with Crippen LogP contribution < -0.4 is 11.7 Å². The first-order valence-electron chi connectivity index (χ1n) is 2.19. The van der Waals surface area contributed by atoms with Gasteiger partial charge in [-0.05, 0) is 6.92 Å². The summed E-state index contributed by atoms with van der Waals surface area (Å²) < 4.78 is 0. The topological polar surface area (TPSA) is 80.7 Å². The molecule has 0 bridgehead atoms. The number of aromatic nitrogens is 2. The van der Waals surface area contributed by atoms with E-state index in [-0.39, 0.29) is 0 Å². The predicted molar refractivity (Wildman–Crippen MR) is 31.7 cm³/mol. The van der Waals surface area contributed by atoms with Crippen LogP contribution in [0.1, 0.15) is 5.82 Å². The van der Waals surface area contributed by atoms with Gasteiger partial charge in [0, 0.05) is 12.4 Å².